The zero-order valence-electron chi connectivity index (χ0n) is 14.1. The second-order valence-corrected chi connectivity index (χ2v) is 6.27. The van der Waals surface area contributed by atoms with Crippen LogP contribution in [0.3, 0.4) is 0 Å². The number of para-hydroxylation sites is 1. The van der Waals surface area contributed by atoms with Gasteiger partial charge in [-0.2, -0.15) is 0 Å². The van der Waals surface area contributed by atoms with Crippen LogP contribution in [0, 0.1) is 0 Å². The minimum absolute atomic E-state index is 0. The van der Waals surface area contributed by atoms with E-state index in [2.05, 4.69) is 16.4 Å². The lowest BCUT2D eigenvalue weighted by Crippen LogP contribution is -2.37. The van der Waals surface area contributed by atoms with Crippen molar-refractivity contribution in [1.29, 1.82) is 0 Å². The van der Waals surface area contributed by atoms with E-state index in [1.165, 1.54) is 25.7 Å². The molecule has 0 amide bonds. The highest BCUT2D eigenvalue weighted by Gasteiger charge is 2.21. The smallest absolute Gasteiger partial charge is 0.189 e. The molecule has 0 saturated heterocycles. The van der Waals surface area contributed by atoms with Gasteiger partial charge in [0.05, 0.1) is 18.8 Å². The first-order valence-corrected chi connectivity index (χ1v) is 8.73. The van der Waals surface area contributed by atoms with Gasteiger partial charge in [0.1, 0.15) is 5.75 Å². The molecule has 1 saturated carbocycles. The minimum atomic E-state index is 0. The van der Waals surface area contributed by atoms with Gasteiger partial charge in [0.2, 0.25) is 0 Å². The first-order valence-electron chi connectivity index (χ1n) is 8.73. The van der Waals surface area contributed by atoms with Crippen LogP contribution in [0.5, 0.6) is 5.75 Å². The van der Waals surface area contributed by atoms with Gasteiger partial charge in [0.25, 0.3) is 0 Å². The van der Waals surface area contributed by atoms with Crippen molar-refractivity contribution in [2.45, 2.75) is 50.7 Å². The molecule has 3 rings (SSSR count). The molecule has 24 heavy (non-hydrogen) atoms. The van der Waals surface area contributed by atoms with Crippen LogP contribution in [0.1, 0.15) is 50.1 Å². The van der Waals surface area contributed by atoms with E-state index in [1.54, 1.807) is 0 Å². The molecule has 2 aliphatic rings. The Morgan fingerprint density at radius 2 is 2.04 bits per heavy atom. The number of nitrogens with zero attached hydrogens (tertiary/aromatic N) is 1. The number of rotatable bonds is 6. The lowest BCUT2D eigenvalue weighted by molar-refractivity contribution is 0.0579. The predicted molar refractivity (Wildman–Crippen MR) is 107 cm³/mol. The van der Waals surface area contributed by atoms with E-state index in [-0.39, 0.29) is 30.0 Å². The number of fused-ring (bicyclic) bond motifs is 1. The van der Waals surface area contributed by atoms with E-state index in [4.69, 9.17) is 15.2 Å². The maximum atomic E-state index is 6.02. The van der Waals surface area contributed by atoms with E-state index < -0.39 is 0 Å². The SMILES string of the molecule is I.NC(=NCCCOC1CCCC1)NC1CCOc2ccccc21. The third kappa shape index (κ3) is 5.51. The third-order valence-electron chi connectivity index (χ3n) is 4.52. The summed E-state index contributed by atoms with van der Waals surface area (Å²) in [7, 11) is 0. The predicted octanol–water partition coefficient (Wildman–Crippen LogP) is 3.38. The van der Waals surface area contributed by atoms with Crippen LogP contribution in [0.25, 0.3) is 0 Å². The normalized spacial score (nSPS) is 20.8. The maximum Gasteiger partial charge on any atom is 0.189 e. The Morgan fingerprint density at radius 1 is 1.25 bits per heavy atom. The van der Waals surface area contributed by atoms with Gasteiger partial charge in [-0.15, -0.1) is 24.0 Å². The Hall–Kier alpha value is -1.02. The molecule has 0 radical (unpaired) electrons. The molecular formula is C18H28IN3O2. The molecule has 1 aliphatic carbocycles. The fourth-order valence-corrected chi connectivity index (χ4v) is 3.29. The summed E-state index contributed by atoms with van der Waals surface area (Å²) in [5, 5.41) is 3.31. The van der Waals surface area contributed by atoms with Crippen LogP contribution in [0.4, 0.5) is 0 Å². The molecule has 1 unspecified atom stereocenters. The summed E-state index contributed by atoms with van der Waals surface area (Å²) >= 11 is 0. The Balaban J connectivity index is 0.00000208. The van der Waals surface area contributed by atoms with Gasteiger partial charge in [-0.25, -0.2) is 0 Å². The van der Waals surface area contributed by atoms with Crippen LogP contribution in [-0.4, -0.2) is 31.8 Å². The van der Waals surface area contributed by atoms with Crippen molar-refractivity contribution in [3.63, 3.8) is 0 Å². The van der Waals surface area contributed by atoms with Gasteiger partial charge in [-0.1, -0.05) is 31.0 Å². The highest BCUT2D eigenvalue weighted by atomic mass is 127. The van der Waals surface area contributed by atoms with Crippen LogP contribution in [-0.2, 0) is 4.74 Å². The van der Waals surface area contributed by atoms with E-state index >= 15 is 0 Å². The first-order chi connectivity index (χ1) is 11.3. The summed E-state index contributed by atoms with van der Waals surface area (Å²) in [6.07, 6.45) is 7.36. The van der Waals surface area contributed by atoms with E-state index in [9.17, 15) is 0 Å². The van der Waals surface area contributed by atoms with Gasteiger partial charge in [-0.3, -0.25) is 4.99 Å². The molecule has 1 aromatic carbocycles. The number of hydrogen-bond donors (Lipinski definition) is 2. The van der Waals surface area contributed by atoms with Gasteiger partial charge in [-0.05, 0) is 25.3 Å². The van der Waals surface area contributed by atoms with Crippen LogP contribution >= 0.6 is 24.0 Å². The third-order valence-corrected chi connectivity index (χ3v) is 4.52. The molecule has 1 fully saturated rings. The van der Waals surface area contributed by atoms with Crippen molar-refractivity contribution in [3.8, 4) is 5.75 Å². The maximum absolute atomic E-state index is 6.02. The van der Waals surface area contributed by atoms with Crippen molar-refractivity contribution in [2.75, 3.05) is 19.8 Å². The van der Waals surface area contributed by atoms with Gasteiger partial charge in [0, 0.05) is 25.1 Å². The Bertz CT molecular complexity index is 533. The topological polar surface area (TPSA) is 68.9 Å². The Labute approximate surface area is 161 Å². The largest absolute Gasteiger partial charge is 0.493 e. The van der Waals surface area contributed by atoms with E-state index in [0.717, 1.165) is 30.8 Å². The summed E-state index contributed by atoms with van der Waals surface area (Å²) in [5.41, 5.74) is 7.18. The molecule has 5 nitrogen and oxygen atoms in total. The summed E-state index contributed by atoms with van der Waals surface area (Å²) in [6, 6.07) is 8.27. The lowest BCUT2D eigenvalue weighted by atomic mass is 10.0. The standard InChI is InChI=1S/C18H27N3O2.HI/c19-18(20-11-5-12-22-14-6-1-2-7-14)21-16-10-13-23-17-9-4-3-8-15(16)17;/h3-4,8-9,14,16H,1-2,5-7,10-13H2,(H3,19,20,21);1H. The van der Waals surface area contributed by atoms with Crippen molar-refractivity contribution < 1.29 is 9.47 Å². The number of nitrogens with two attached hydrogens (primary N) is 1. The summed E-state index contributed by atoms with van der Waals surface area (Å²) in [4.78, 5) is 4.42. The molecule has 1 heterocycles. The fourth-order valence-electron chi connectivity index (χ4n) is 3.29. The van der Waals surface area contributed by atoms with Gasteiger partial charge >= 0.3 is 0 Å². The molecule has 1 aromatic rings. The van der Waals surface area contributed by atoms with Gasteiger partial charge < -0.3 is 20.5 Å². The van der Waals surface area contributed by atoms with E-state index in [0.29, 0.717) is 25.2 Å². The molecule has 6 heteroatoms. The number of nitrogens with one attached hydrogen (secondary N) is 1. The van der Waals surface area contributed by atoms with Crippen LogP contribution < -0.4 is 15.8 Å². The Morgan fingerprint density at radius 3 is 2.88 bits per heavy atom. The minimum Gasteiger partial charge on any atom is -0.493 e. The van der Waals surface area contributed by atoms with Crippen molar-refractivity contribution >= 4 is 29.9 Å². The Kier molecular flexibility index (Phi) is 8.11. The number of hydrogen-bond acceptors (Lipinski definition) is 3. The lowest BCUT2D eigenvalue weighted by Gasteiger charge is -2.26. The molecule has 0 spiro atoms. The van der Waals surface area contributed by atoms with Crippen molar-refractivity contribution in [3.05, 3.63) is 29.8 Å². The van der Waals surface area contributed by atoms with E-state index in [1.807, 2.05) is 18.2 Å². The second-order valence-electron chi connectivity index (χ2n) is 6.27. The molecule has 0 aromatic heterocycles. The first kappa shape index (κ1) is 19.3. The highest BCUT2D eigenvalue weighted by molar-refractivity contribution is 14.0. The molecular weight excluding hydrogens is 417 g/mol. The van der Waals surface area contributed by atoms with Crippen LogP contribution in [0.15, 0.2) is 29.3 Å². The number of guanidine groups is 1. The quantitative estimate of drug-likeness (QED) is 0.305. The highest BCUT2D eigenvalue weighted by Crippen LogP contribution is 2.31. The average molecular weight is 445 g/mol. The number of benzene rings is 1. The molecule has 1 atom stereocenters. The number of aliphatic imine (C=N–C) groups is 1. The number of halogens is 1. The monoisotopic (exact) mass is 445 g/mol. The summed E-state index contributed by atoms with van der Waals surface area (Å²) in [5.74, 6) is 1.45. The zero-order valence-corrected chi connectivity index (χ0v) is 16.4. The summed E-state index contributed by atoms with van der Waals surface area (Å²) < 4.78 is 11.5. The molecule has 1 aliphatic heterocycles. The summed E-state index contributed by atoms with van der Waals surface area (Å²) in [6.45, 7) is 2.19. The fraction of sp³-hybridized carbons (Fsp3) is 0.611. The molecule has 3 N–H and O–H groups in total. The zero-order chi connectivity index (χ0) is 15.9. The van der Waals surface area contributed by atoms with Gasteiger partial charge in [0.15, 0.2) is 5.96 Å². The van der Waals surface area contributed by atoms with Crippen LogP contribution in [0.2, 0.25) is 0 Å². The van der Waals surface area contributed by atoms with Crippen molar-refractivity contribution in [2.24, 2.45) is 10.7 Å². The molecule has 134 valence electrons. The second kappa shape index (κ2) is 10.1. The molecule has 0 bridgehead atoms. The number of ether oxygens (including phenoxy) is 2. The average Bonchev–Trinajstić information content (AvgIpc) is 3.08. The van der Waals surface area contributed by atoms with Crippen molar-refractivity contribution in [1.82, 2.24) is 5.32 Å².